The van der Waals surface area contributed by atoms with E-state index in [2.05, 4.69) is 15.8 Å². The number of carbonyl (C=O) groups excluding carboxylic acids is 1. The third kappa shape index (κ3) is 4.45. The molecule has 0 radical (unpaired) electrons. The van der Waals surface area contributed by atoms with Crippen molar-refractivity contribution in [2.75, 3.05) is 0 Å². The molecule has 0 heterocycles. The predicted octanol–water partition coefficient (Wildman–Crippen LogP) is 3.47. The topological polar surface area (TPSA) is 53.5 Å². The zero-order chi connectivity index (χ0) is 15.1. The van der Waals surface area contributed by atoms with Gasteiger partial charge in [-0.15, -0.1) is 0 Å². The predicted molar refractivity (Wildman–Crippen MR) is 85.2 cm³/mol. The van der Waals surface area contributed by atoms with Crippen LogP contribution in [0.1, 0.15) is 31.0 Å². The van der Waals surface area contributed by atoms with E-state index in [-0.39, 0.29) is 12.1 Å². The molecule has 0 bridgehead atoms. The average Bonchev–Trinajstić information content (AvgIpc) is 2.54. The van der Waals surface area contributed by atoms with Gasteiger partial charge < -0.3 is 5.32 Å². The fourth-order valence-electron chi connectivity index (χ4n) is 1.93. The van der Waals surface area contributed by atoms with Crippen molar-refractivity contribution in [3.63, 3.8) is 0 Å². The Balaban J connectivity index is 1.90. The van der Waals surface area contributed by atoms with Crippen LogP contribution < -0.4 is 10.7 Å². The second-order valence-electron chi connectivity index (χ2n) is 4.78. The standard InChI is InChI=1S/C17H19N3O/c1-13(15-9-5-3-6-10-15)18-17(21)20-19-14(2)16-11-7-4-8-12-16/h3-13H,1-2H3,(H2,18,20,21)/b19-14-/t13-/m1/s1. The summed E-state index contributed by atoms with van der Waals surface area (Å²) in [6.07, 6.45) is 0. The zero-order valence-corrected chi connectivity index (χ0v) is 12.2. The van der Waals surface area contributed by atoms with E-state index in [1.54, 1.807) is 0 Å². The Morgan fingerprint density at radius 1 is 1.00 bits per heavy atom. The highest BCUT2D eigenvalue weighted by molar-refractivity contribution is 5.99. The summed E-state index contributed by atoms with van der Waals surface area (Å²) in [7, 11) is 0. The maximum atomic E-state index is 11.8. The maximum absolute atomic E-state index is 11.8. The van der Waals surface area contributed by atoms with Crippen molar-refractivity contribution >= 4 is 11.7 Å². The van der Waals surface area contributed by atoms with Gasteiger partial charge in [-0.05, 0) is 25.0 Å². The summed E-state index contributed by atoms with van der Waals surface area (Å²) in [6, 6.07) is 19.1. The second kappa shape index (κ2) is 7.24. The van der Waals surface area contributed by atoms with Gasteiger partial charge in [0, 0.05) is 0 Å². The van der Waals surface area contributed by atoms with Gasteiger partial charge in [-0.3, -0.25) is 0 Å². The minimum Gasteiger partial charge on any atom is -0.330 e. The van der Waals surface area contributed by atoms with Crippen LogP contribution in [0.4, 0.5) is 4.79 Å². The lowest BCUT2D eigenvalue weighted by Crippen LogP contribution is -2.34. The first-order valence-electron chi connectivity index (χ1n) is 6.88. The first-order valence-corrected chi connectivity index (χ1v) is 6.88. The molecule has 2 amide bonds. The Morgan fingerprint density at radius 2 is 1.57 bits per heavy atom. The van der Waals surface area contributed by atoms with E-state index in [1.807, 2.05) is 74.5 Å². The highest BCUT2D eigenvalue weighted by atomic mass is 16.2. The van der Waals surface area contributed by atoms with Crippen molar-refractivity contribution in [3.8, 4) is 0 Å². The minimum absolute atomic E-state index is 0.0709. The van der Waals surface area contributed by atoms with Crippen LogP contribution in [0.15, 0.2) is 65.8 Å². The van der Waals surface area contributed by atoms with E-state index >= 15 is 0 Å². The summed E-state index contributed by atoms with van der Waals surface area (Å²) in [6.45, 7) is 3.79. The molecule has 0 aliphatic heterocycles. The van der Waals surface area contributed by atoms with Gasteiger partial charge in [0.2, 0.25) is 0 Å². The quantitative estimate of drug-likeness (QED) is 0.654. The highest BCUT2D eigenvalue weighted by Gasteiger charge is 2.08. The minimum atomic E-state index is -0.318. The van der Waals surface area contributed by atoms with E-state index in [0.717, 1.165) is 16.8 Å². The number of benzene rings is 2. The summed E-state index contributed by atoms with van der Waals surface area (Å²) >= 11 is 0. The van der Waals surface area contributed by atoms with Crippen LogP contribution in [-0.2, 0) is 0 Å². The van der Waals surface area contributed by atoms with E-state index in [1.165, 1.54) is 0 Å². The van der Waals surface area contributed by atoms with Gasteiger partial charge in [0.25, 0.3) is 0 Å². The molecule has 108 valence electrons. The molecule has 2 rings (SSSR count). The van der Waals surface area contributed by atoms with E-state index < -0.39 is 0 Å². The van der Waals surface area contributed by atoms with Crippen molar-refractivity contribution in [1.29, 1.82) is 0 Å². The lowest BCUT2D eigenvalue weighted by molar-refractivity contribution is 0.238. The van der Waals surface area contributed by atoms with Crippen molar-refractivity contribution in [2.24, 2.45) is 5.10 Å². The first kappa shape index (κ1) is 14.8. The summed E-state index contributed by atoms with van der Waals surface area (Å²) in [5.41, 5.74) is 5.31. The molecule has 1 atom stereocenters. The van der Waals surface area contributed by atoms with Crippen molar-refractivity contribution in [2.45, 2.75) is 19.9 Å². The Morgan fingerprint density at radius 3 is 2.19 bits per heavy atom. The van der Waals surface area contributed by atoms with Crippen LogP contribution in [0.3, 0.4) is 0 Å². The van der Waals surface area contributed by atoms with Gasteiger partial charge in [-0.25, -0.2) is 10.2 Å². The van der Waals surface area contributed by atoms with Crippen LogP contribution in [0.25, 0.3) is 0 Å². The van der Waals surface area contributed by atoms with Gasteiger partial charge in [0.15, 0.2) is 0 Å². The summed E-state index contributed by atoms with van der Waals surface area (Å²) < 4.78 is 0. The zero-order valence-electron chi connectivity index (χ0n) is 12.2. The number of rotatable bonds is 4. The average molecular weight is 281 g/mol. The molecular formula is C17H19N3O. The molecule has 0 fully saturated rings. The number of hydrogen-bond acceptors (Lipinski definition) is 2. The third-order valence-corrected chi connectivity index (χ3v) is 3.16. The lowest BCUT2D eigenvalue weighted by atomic mass is 10.1. The number of nitrogens with zero attached hydrogens (tertiary/aromatic N) is 1. The molecule has 0 saturated carbocycles. The van der Waals surface area contributed by atoms with E-state index in [0.29, 0.717) is 0 Å². The van der Waals surface area contributed by atoms with Crippen molar-refractivity contribution in [1.82, 2.24) is 10.7 Å². The van der Waals surface area contributed by atoms with Gasteiger partial charge in [-0.2, -0.15) is 5.10 Å². The van der Waals surface area contributed by atoms with Gasteiger partial charge in [-0.1, -0.05) is 60.7 Å². The number of hydrogen-bond donors (Lipinski definition) is 2. The van der Waals surface area contributed by atoms with Crippen molar-refractivity contribution < 1.29 is 4.79 Å². The molecule has 2 N–H and O–H groups in total. The van der Waals surface area contributed by atoms with E-state index in [9.17, 15) is 4.79 Å². The number of amides is 2. The van der Waals surface area contributed by atoms with Gasteiger partial charge >= 0.3 is 6.03 Å². The smallest absolute Gasteiger partial charge is 0.330 e. The van der Waals surface area contributed by atoms with Crippen molar-refractivity contribution in [3.05, 3.63) is 71.8 Å². The molecular weight excluding hydrogens is 262 g/mol. The summed E-state index contributed by atoms with van der Waals surface area (Å²) in [5.74, 6) is 0. The third-order valence-electron chi connectivity index (χ3n) is 3.16. The van der Waals surface area contributed by atoms with Crippen LogP contribution >= 0.6 is 0 Å². The number of nitrogens with one attached hydrogen (secondary N) is 2. The lowest BCUT2D eigenvalue weighted by Gasteiger charge is -2.13. The van der Waals surface area contributed by atoms with Crippen LogP contribution in [-0.4, -0.2) is 11.7 Å². The molecule has 4 nitrogen and oxygen atoms in total. The second-order valence-corrected chi connectivity index (χ2v) is 4.78. The Hall–Kier alpha value is -2.62. The summed E-state index contributed by atoms with van der Waals surface area (Å²) in [5, 5.41) is 6.94. The number of hydrazone groups is 1. The molecule has 4 heteroatoms. The normalized spacial score (nSPS) is 12.6. The monoisotopic (exact) mass is 281 g/mol. The Bertz CT molecular complexity index is 608. The van der Waals surface area contributed by atoms with Crippen LogP contribution in [0, 0.1) is 0 Å². The molecule has 0 saturated heterocycles. The molecule has 0 unspecified atom stereocenters. The van der Waals surface area contributed by atoms with Crippen LogP contribution in [0.5, 0.6) is 0 Å². The fourth-order valence-corrected chi connectivity index (χ4v) is 1.93. The highest BCUT2D eigenvalue weighted by Crippen LogP contribution is 2.10. The molecule has 2 aromatic carbocycles. The molecule has 2 aromatic rings. The Labute approximate surface area is 124 Å². The largest absolute Gasteiger partial charge is 0.335 e. The molecule has 0 aliphatic rings. The number of carbonyl (C=O) groups is 1. The van der Waals surface area contributed by atoms with Gasteiger partial charge in [0.1, 0.15) is 0 Å². The fraction of sp³-hybridized carbons (Fsp3) is 0.176. The molecule has 0 aliphatic carbocycles. The van der Waals surface area contributed by atoms with Crippen LogP contribution in [0.2, 0.25) is 0 Å². The van der Waals surface area contributed by atoms with E-state index in [4.69, 9.17) is 0 Å². The first-order chi connectivity index (χ1) is 10.2. The SMILES string of the molecule is C/C(=N/NC(=O)N[C@H](C)c1ccccc1)c1ccccc1. The molecule has 0 spiro atoms. The number of urea groups is 1. The molecule has 21 heavy (non-hydrogen) atoms. The molecule has 0 aromatic heterocycles. The maximum Gasteiger partial charge on any atom is 0.335 e. The van der Waals surface area contributed by atoms with Gasteiger partial charge in [0.05, 0.1) is 11.8 Å². The Kier molecular flexibility index (Phi) is 5.10. The summed E-state index contributed by atoms with van der Waals surface area (Å²) in [4.78, 5) is 11.8.